The Kier molecular flexibility index (Phi) is 7.25. The van der Waals surface area contributed by atoms with E-state index in [1.165, 1.54) is 0 Å². The summed E-state index contributed by atoms with van der Waals surface area (Å²) >= 11 is 8.04. The fourth-order valence-electron chi connectivity index (χ4n) is 3.65. The van der Waals surface area contributed by atoms with E-state index in [1.807, 2.05) is 14.7 Å². The van der Waals surface area contributed by atoms with Crippen LogP contribution in [0, 0.1) is 5.92 Å². The van der Waals surface area contributed by atoms with Crippen molar-refractivity contribution in [2.75, 3.05) is 13.2 Å². The number of fused-ring (bicyclic) bond motifs is 3. The van der Waals surface area contributed by atoms with Crippen molar-refractivity contribution in [3.05, 3.63) is 0 Å². The Balaban J connectivity index is 1.85. The molecule has 3 aliphatic heterocycles. The Hall–Kier alpha value is 1.01. The maximum Gasteiger partial charge on any atom is 0.386 e. The molecule has 2 bridgehead atoms. The van der Waals surface area contributed by atoms with Crippen molar-refractivity contribution in [1.29, 1.82) is 0 Å². The zero-order valence-corrected chi connectivity index (χ0v) is 18.8. The predicted octanol–water partition coefficient (Wildman–Crippen LogP) is 0.373. The number of ether oxygens (including phenoxy) is 2. The van der Waals surface area contributed by atoms with E-state index in [9.17, 15) is 14.2 Å². The first kappa shape index (κ1) is 22.7. The third-order valence-corrected chi connectivity index (χ3v) is 8.34. The summed E-state index contributed by atoms with van der Waals surface area (Å²) in [6, 6.07) is -0.147. The maximum absolute atomic E-state index is 12.7. The Morgan fingerprint density at radius 3 is 2.15 bits per heavy atom. The van der Waals surface area contributed by atoms with Crippen LogP contribution in [0.25, 0.3) is 0 Å². The summed E-state index contributed by atoms with van der Waals surface area (Å²) in [5, 5.41) is 10.4. The molecule has 0 spiro atoms. The van der Waals surface area contributed by atoms with Gasteiger partial charge in [0.1, 0.15) is 37.7 Å². The normalized spacial score (nSPS) is 54.4. The SMILES string of the molecule is BB[C@@H]1O[C@@H]2COP(=O)(S)O[C@@H]3[C@H](O)[C@@H](COP(=O)(S)O[C@H]2[C@H]1C)O[C@H]3C. The minimum absolute atomic E-state index is 0.115. The highest BCUT2D eigenvalue weighted by molar-refractivity contribution is 8.44. The first-order valence-corrected chi connectivity index (χ1v) is 14.2. The summed E-state index contributed by atoms with van der Waals surface area (Å²) in [5.74, 6) is -0.115. The van der Waals surface area contributed by atoms with E-state index in [1.54, 1.807) is 6.92 Å². The third kappa shape index (κ3) is 5.20. The molecule has 0 aromatic carbocycles. The number of rotatable bonds is 1. The lowest BCUT2D eigenvalue weighted by molar-refractivity contribution is -0.0212. The molecule has 3 saturated heterocycles. The topological polar surface area (TPSA) is 110 Å². The molecule has 3 rings (SSSR count). The molecule has 0 aromatic heterocycles. The summed E-state index contributed by atoms with van der Waals surface area (Å²) in [6.07, 6.45) is -4.84. The van der Waals surface area contributed by atoms with Crippen molar-refractivity contribution >= 4 is 53.0 Å². The first-order chi connectivity index (χ1) is 12.5. The molecule has 0 aliphatic carbocycles. The number of thiol groups is 2. The van der Waals surface area contributed by atoms with Gasteiger partial charge in [0.25, 0.3) is 0 Å². The van der Waals surface area contributed by atoms with Gasteiger partial charge in [0.2, 0.25) is 0 Å². The number of aliphatic hydroxyl groups excluding tert-OH is 1. The van der Waals surface area contributed by atoms with Crippen LogP contribution in [0.4, 0.5) is 0 Å². The van der Waals surface area contributed by atoms with Crippen LogP contribution in [0.1, 0.15) is 13.8 Å². The van der Waals surface area contributed by atoms with Crippen LogP contribution in [0.15, 0.2) is 0 Å². The van der Waals surface area contributed by atoms with E-state index in [-0.39, 0.29) is 25.1 Å². The lowest BCUT2D eigenvalue weighted by atomic mass is 9.49. The second-order valence-corrected chi connectivity index (χ2v) is 12.8. The molecule has 27 heavy (non-hydrogen) atoms. The summed E-state index contributed by atoms with van der Waals surface area (Å²) in [4.78, 5) is 0. The summed E-state index contributed by atoms with van der Waals surface area (Å²) in [6.45, 7) is -4.41. The van der Waals surface area contributed by atoms with Gasteiger partial charge < -0.3 is 14.6 Å². The van der Waals surface area contributed by atoms with Crippen molar-refractivity contribution in [2.24, 2.45) is 5.92 Å². The highest BCUT2D eigenvalue weighted by Crippen LogP contribution is 2.59. The van der Waals surface area contributed by atoms with E-state index in [4.69, 9.17) is 27.6 Å². The molecule has 3 aliphatic rings. The van der Waals surface area contributed by atoms with Crippen molar-refractivity contribution in [3.63, 3.8) is 0 Å². The Bertz CT molecular complexity index is 646. The van der Waals surface area contributed by atoms with Crippen LogP contribution < -0.4 is 0 Å². The van der Waals surface area contributed by atoms with E-state index in [2.05, 4.69) is 24.5 Å². The van der Waals surface area contributed by atoms with E-state index >= 15 is 0 Å². The van der Waals surface area contributed by atoms with Crippen molar-refractivity contribution in [2.45, 2.75) is 56.5 Å². The molecule has 15 heteroatoms. The van der Waals surface area contributed by atoms with Gasteiger partial charge in [-0.2, -0.15) is 0 Å². The van der Waals surface area contributed by atoms with Crippen molar-refractivity contribution in [3.8, 4) is 0 Å². The molecule has 0 amide bonds. The fourth-order valence-corrected chi connectivity index (χ4v) is 6.74. The molecule has 9 nitrogen and oxygen atoms in total. The predicted molar refractivity (Wildman–Crippen MR) is 109 cm³/mol. The molecule has 0 radical (unpaired) electrons. The van der Waals surface area contributed by atoms with Gasteiger partial charge >= 0.3 is 13.6 Å². The summed E-state index contributed by atoms with van der Waals surface area (Å²) < 4.78 is 58.6. The molecule has 0 saturated carbocycles. The molecule has 3 heterocycles. The largest absolute Gasteiger partial charge is 0.387 e. The highest BCUT2D eigenvalue weighted by atomic mass is 32.7. The molecule has 154 valence electrons. The van der Waals surface area contributed by atoms with Gasteiger partial charge in [-0.1, -0.05) is 31.4 Å². The van der Waals surface area contributed by atoms with E-state index in [0.29, 0.717) is 7.17 Å². The molecule has 0 aromatic rings. The van der Waals surface area contributed by atoms with Gasteiger partial charge in [-0.25, -0.2) is 9.13 Å². The fraction of sp³-hybridized carbons (Fsp3) is 1.00. The second kappa shape index (κ2) is 8.63. The molecule has 1 N–H and O–H groups in total. The zero-order chi connectivity index (χ0) is 20.0. The van der Waals surface area contributed by atoms with Crippen LogP contribution in [0.2, 0.25) is 0 Å². The van der Waals surface area contributed by atoms with Crippen LogP contribution in [-0.2, 0) is 36.7 Å². The molecular formula is C12H24B2O9P2S2. The quantitative estimate of drug-likeness (QED) is 0.291. The molecule has 2 unspecified atom stereocenters. The summed E-state index contributed by atoms with van der Waals surface area (Å²) in [5.41, 5.74) is 0. The van der Waals surface area contributed by atoms with Crippen molar-refractivity contribution in [1.82, 2.24) is 0 Å². The number of aliphatic hydroxyl groups is 1. The molecule has 10 atom stereocenters. The number of hydrogen-bond acceptors (Lipinski definition) is 9. The van der Waals surface area contributed by atoms with Gasteiger partial charge in [0.15, 0.2) is 0 Å². The average Bonchev–Trinajstić information content (AvgIpc) is 3.02. The van der Waals surface area contributed by atoms with Crippen LogP contribution in [0.5, 0.6) is 0 Å². The van der Waals surface area contributed by atoms with Crippen LogP contribution in [0.3, 0.4) is 0 Å². The highest BCUT2D eigenvalue weighted by Gasteiger charge is 2.49. The number of hydrogen-bond donors (Lipinski definition) is 3. The average molecular weight is 460 g/mol. The van der Waals surface area contributed by atoms with Crippen LogP contribution in [-0.4, -0.2) is 75.9 Å². The first-order valence-electron chi connectivity index (χ1n) is 8.83. The lowest BCUT2D eigenvalue weighted by Crippen LogP contribution is -2.35. The van der Waals surface area contributed by atoms with Gasteiger partial charge in [-0.15, -0.1) is 0 Å². The lowest BCUT2D eigenvalue weighted by Gasteiger charge is -2.26. The van der Waals surface area contributed by atoms with Crippen molar-refractivity contribution < 1.29 is 41.8 Å². The standard InChI is InChI=1S/C12H24B2O9P2S2/c1-5-10-8(21-12(5)14-13)4-19-25(17,27)23-11-6(2)20-7(9(11)15)3-18-24(16,26)22-10/h5-12,14-15H,3-4,13H2,1-2H3,(H,16,26)(H,17,27)/t5-,6+,7-,8-,9-,10+,11+,12-,24?,25?/m1/s1. The van der Waals surface area contributed by atoms with Crippen LogP contribution >= 0.6 is 38.1 Å². The zero-order valence-electron chi connectivity index (χ0n) is 15.2. The minimum atomic E-state index is -3.81. The Morgan fingerprint density at radius 2 is 1.56 bits per heavy atom. The monoisotopic (exact) mass is 460 g/mol. The summed E-state index contributed by atoms with van der Waals surface area (Å²) in [7, 11) is 2.67. The minimum Gasteiger partial charge on any atom is -0.387 e. The molecule has 3 fully saturated rings. The van der Waals surface area contributed by atoms with Gasteiger partial charge in [0, 0.05) is 11.9 Å². The maximum atomic E-state index is 12.7. The van der Waals surface area contributed by atoms with E-state index < -0.39 is 50.2 Å². The third-order valence-electron chi connectivity index (χ3n) is 5.11. The van der Waals surface area contributed by atoms with Gasteiger partial charge in [-0.3, -0.25) is 18.1 Å². The van der Waals surface area contributed by atoms with Gasteiger partial charge in [-0.05, 0) is 6.92 Å². The second-order valence-electron chi connectivity index (χ2n) is 7.02. The van der Waals surface area contributed by atoms with Gasteiger partial charge in [0.05, 0.1) is 27.1 Å². The Labute approximate surface area is 170 Å². The Morgan fingerprint density at radius 1 is 1.00 bits per heavy atom. The van der Waals surface area contributed by atoms with E-state index in [0.717, 1.165) is 0 Å². The smallest absolute Gasteiger partial charge is 0.386 e. The molecular weight excluding hydrogens is 436 g/mol.